The van der Waals surface area contributed by atoms with Gasteiger partial charge in [-0.15, -0.1) is 0 Å². The third kappa shape index (κ3) is 4.20. The number of rotatable bonds is 6. The number of aryl methyl sites for hydroxylation is 2. The minimum Gasteiger partial charge on any atom is -0.493 e. The van der Waals surface area contributed by atoms with Crippen molar-refractivity contribution in [2.75, 3.05) is 14.2 Å². The highest BCUT2D eigenvalue weighted by molar-refractivity contribution is 6.30. The lowest BCUT2D eigenvalue weighted by Gasteiger charge is -2.27. The second-order valence-electron chi connectivity index (χ2n) is 7.94. The number of nitrogens with two attached hydrogens (primary N) is 1. The SMILES string of the molecule is COc1ccc(CCn2c(C)cc3c(c2=O)[C@@H](c2cccc(Cl)c2)C(C#N)=C(N)O3)cc1OC. The number of ether oxygens (including phenoxy) is 3. The predicted molar refractivity (Wildman–Crippen MR) is 129 cm³/mol. The van der Waals surface area contributed by atoms with Crippen LogP contribution in [0.2, 0.25) is 5.02 Å². The van der Waals surface area contributed by atoms with E-state index in [0.717, 1.165) is 11.3 Å². The van der Waals surface area contributed by atoms with Gasteiger partial charge in [-0.2, -0.15) is 5.26 Å². The highest BCUT2D eigenvalue weighted by Crippen LogP contribution is 2.41. The summed E-state index contributed by atoms with van der Waals surface area (Å²) in [4.78, 5) is 13.7. The van der Waals surface area contributed by atoms with Crippen molar-refractivity contribution >= 4 is 11.6 Å². The molecule has 1 aliphatic rings. The summed E-state index contributed by atoms with van der Waals surface area (Å²) in [7, 11) is 3.17. The van der Waals surface area contributed by atoms with E-state index >= 15 is 0 Å². The van der Waals surface area contributed by atoms with Gasteiger partial charge in [-0.3, -0.25) is 4.79 Å². The number of hydrogen-bond acceptors (Lipinski definition) is 6. The molecule has 0 saturated heterocycles. The molecule has 0 bridgehead atoms. The zero-order chi connectivity index (χ0) is 24.4. The maximum atomic E-state index is 13.7. The summed E-state index contributed by atoms with van der Waals surface area (Å²) < 4.78 is 18.1. The van der Waals surface area contributed by atoms with E-state index in [1.165, 1.54) is 0 Å². The second kappa shape index (κ2) is 9.54. The lowest BCUT2D eigenvalue weighted by molar-refractivity contribution is 0.354. The molecule has 0 amide bonds. The molecule has 2 heterocycles. The van der Waals surface area contributed by atoms with E-state index in [0.29, 0.717) is 46.4 Å². The molecule has 0 spiro atoms. The average Bonchev–Trinajstić information content (AvgIpc) is 2.82. The summed E-state index contributed by atoms with van der Waals surface area (Å²) >= 11 is 6.21. The molecule has 1 aromatic heterocycles. The Balaban J connectivity index is 1.77. The van der Waals surface area contributed by atoms with Crippen molar-refractivity contribution in [2.24, 2.45) is 5.73 Å². The zero-order valence-electron chi connectivity index (χ0n) is 19.1. The first-order valence-corrected chi connectivity index (χ1v) is 11.0. The standard InChI is InChI=1S/C26H24ClN3O4/c1-15-11-22-24(23(19(14-28)25(29)34-22)17-5-4-6-18(27)13-17)26(31)30(15)10-9-16-7-8-20(32-2)21(12-16)33-3/h4-8,11-13,23H,9-10,29H2,1-3H3/t23-/m0/s1. The maximum Gasteiger partial charge on any atom is 0.258 e. The molecule has 174 valence electrons. The van der Waals surface area contributed by atoms with Gasteiger partial charge in [-0.25, -0.2) is 0 Å². The van der Waals surface area contributed by atoms with E-state index in [9.17, 15) is 10.1 Å². The van der Waals surface area contributed by atoms with Crippen molar-refractivity contribution in [3.05, 3.63) is 97.7 Å². The monoisotopic (exact) mass is 477 g/mol. The summed E-state index contributed by atoms with van der Waals surface area (Å²) in [5.74, 6) is 0.938. The van der Waals surface area contributed by atoms with Gasteiger partial charge in [0.2, 0.25) is 5.88 Å². The number of methoxy groups -OCH3 is 2. The van der Waals surface area contributed by atoms with Crippen LogP contribution in [0.4, 0.5) is 0 Å². The van der Waals surface area contributed by atoms with Crippen LogP contribution in [0.3, 0.4) is 0 Å². The smallest absolute Gasteiger partial charge is 0.258 e. The van der Waals surface area contributed by atoms with Gasteiger partial charge in [0.1, 0.15) is 17.4 Å². The Labute approximate surface area is 202 Å². The van der Waals surface area contributed by atoms with Crippen molar-refractivity contribution in [1.29, 1.82) is 5.26 Å². The molecule has 1 atom stereocenters. The van der Waals surface area contributed by atoms with Crippen LogP contribution in [0.25, 0.3) is 0 Å². The van der Waals surface area contributed by atoms with Crippen LogP contribution in [0.15, 0.2) is 64.8 Å². The van der Waals surface area contributed by atoms with E-state index in [1.54, 1.807) is 43.1 Å². The van der Waals surface area contributed by atoms with Gasteiger partial charge in [-0.05, 0) is 48.7 Å². The van der Waals surface area contributed by atoms with Gasteiger partial charge in [0, 0.05) is 23.3 Å². The molecule has 2 N–H and O–H groups in total. The summed E-state index contributed by atoms with van der Waals surface area (Å²) in [6.07, 6.45) is 0.589. The minimum absolute atomic E-state index is 0.0122. The lowest BCUT2D eigenvalue weighted by Crippen LogP contribution is -2.33. The molecule has 0 radical (unpaired) electrons. The van der Waals surface area contributed by atoms with Crippen LogP contribution in [0.1, 0.15) is 28.3 Å². The Kier molecular flexibility index (Phi) is 6.53. The van der Waals surface area contributed by atoms with Gasteiger partial charge < -0.3 is 24.5 Å². The molecular weight excluding hydrogens is 454 g/mol. The van der Waals surface area contributed by atoms with E-state index in [2.05, 4.69) is 6.07 Å². The van der Waals surface area contributed by atoms with E-state index in [1.807, 2.05) is 31.2 Å². The number of allylic oxidation sites excluding steroid dienone is 1. The first kappa shape index (κ1) is 23.3. The number of benzene rings is 2. The van der Waals surface area contributed by atoms with Crippen molar-refractivity contribution in [2.45, 2.75) is 25.8 Å². The largest absolute Gasteiger partial charge is 0.493 e. The number of fused-ring (bicyclic) bond motifs is 1. The lowest BCUT2D eigenvalue weighted by atomic mass is 9.84. The van der Waals surface area contributed by atoms with Gasteiger partial charge in [0.05, 0.1) is 25.7 Å². The van der Waals surface area contributed by atoms with Crippen LogP contribution >= 0.6 is 11.6 Å². The van der Waals surface area contributed by atoms with Crippen LogP contribution in [0, 0.1) is 18.3 Å². The van der Waals surface area contributed by atoms with Crippen LogP contribution in [0.5, 0.6) is 17.2 Å². The molecule has 8 heteroatoms. The predicted octanol–water partition coefficient (Wildman–Crippen LogP) is 4.29. The van der Waals surface area contributed by atoms with E-state index in [-0.39, 0.29) is 17.0 Å². The summed E-state index contributed by atoms with van der Waals surface area (Å²) in [6, 6.07) is 16.6. The first-order valence-electron chi connectivity index (χ1n) is 10.7. The Morgan fingerprint density at radius 3 is 2.59 bits per heavy atom. The Bertz CT molecular complexity index is 1390. The fourth-order valence-corrected chi connectivity index (χ4v) is 4.46. The van der Waals surface area contributed by atoms with Gasteiger partial charge in [0.25, 0.3) is 5.56 Å². The quantitative estimate of drug-likeness (QED) is 0.568. The maximum absolute atomic E-state index is 13.7. The molecule has 3 aromatic rings. The average molecular weight is 478 g/mol. The van der Waals surface area contributed by atoms with Crippen LogP contribution in [-0.4, -0.2) is 18.8 Å². The molecule has 0 saturated carbocycles. The topological polar surface area (TPSA) is 99.5 Å². The van der Waals surface area contributed by atoms with E-state index < -0.39 is 5.92 Å². The van der Waals surface area contributed by atoms with Crippen molar-refractivity contribution < 1.29 is 14.2 Å². The molecular formula is C26H24ClN3O4. The highest BCUT2D eigenvalue weighted by Gasteiger charge is 2.34. The summed E-state index contributed by atoms with van der Waals surface area (Å²) in [5, 5.41) is 10.3. The van der Waals surface area contributed by atoms with Crippen LogP contribution in [-0.2, 0) is 13.0 Å². The third-order valence-corrected chi connectivity index (χ3v) is 6.18. The molecule has 0 aliphatic carbocycles. The number of nitriles is 1. The molecule has 4 rings (SSSR count). The van der Waals surface area contributed by atoms with E-state index in [4.69, 9.17) is 31.5 Å². The number of pyridine rings is 1. The van der Waals surface area contributed by atoms with Crippen molar-refractivity contribution in [3.63, 3.8) is 0 Å². The van der Waals surface area contributed by atoms with Crippen molar-refractivity contribution in [1.82, 2.24) is 4.57 Å². The Morgan fingerprint density at radius 2 is 1.91 bits per heavy atom. The zero-order valence-corrected chi connectivity index (χ0v) is 19.8. The normalized spacial score (nSPS) is 14.7. The molecule has 1 aliphatic heterocycles. The summed E-state index contributed by atoms with van der Waals surface area (Å²) in [6.45, 7) is 2.27. The first-order chi connectivity index (χ1) is 16.4. The number of aromatic nitrogens is 1. The fraction of sp³-hybridized carbons (Fsp3) is 0.231. The number of hydrogen-bond donors (Lipinski definition) is 1. The molecule has 0 unspecified atom stereocenters. The molecule has 2 aromatic carbocycles. The Hall–Kier alpha value is -3.89. The summed E-state index contributed by atoms with van der Waals surface area (Å²) in [5.41, 5.74) is 8.79. The molecule has 0 fully saturated rings. The van der Waals surface area contributed by atoms with Gasteiger partial charge >= 0.3 is 0 Å². The number of nitrogens with zero attached hydrogens (tertiary/aromatic N) is 2. The van der Waals surface area contributed by atoms with Crippen LogP contribution < -0.4 is 25.5 Å². The third-order valence-electron chi connectivity index (χ3n) is 5.94. The molecule has 34 heavy (non-hydrogen) atoms. The Morgan fingerprint density at radius 1 is 1.15 bits per heavy atom. The van der Waals surface area contributed by atoms with Crippen molar-refractivity contribution in [3.8, 4) is 23.3 Å². The minimum atomic E-state index is -0.673. The highest BCUT2D eigenvalue weighted by atomic mass is 35.5. The second-order valence-corrected chi connectivity index (χ2v) is 8.38. The fourth-order valence-electron chi connectivity index (χ4n) is 4.26. The van der Waals surface area contributed by atoms with Gasteiger partial charge in [-0.1, -0.05) is 29.8 Å². The number of halogens is 1. The molecule has 7 nitrogen and oxygen atoms in total. The van der Waals surface area contributed by atoms with Gasteiger partial charge in [0.15, 0.2) is 11.5 Å².